The molecule has 2 aromatic carbocycles. The number of carbonyl (C=O) groups excluding carboxylic acids is 2. The standard InChI is InChI=1S/C32H38N6O3S/c1-5-30(39)35-26-11-7-10-25(18-26)27-16-24(20-38-12-14-41-15-13-38)17-29(36-27)34-23(4)42-28(19-33)32(40)37-31-21(2)8-6-9-22(31)3/h5-11,16-19,23H,1,12-15,20,33H2,2-4H3,(H,34,36)(H,35,39)(H,37,40)/b28-19-. The Kier molecular flexibility index (Phi) is 10.8. The molecule has 0 spiro atoms. The van der Waals surface area contributed by atoms with Gasteiger partial charge in [0.1, 0.15) is 5.82 Å². The van der Waals surface area contributed by atoms with E-state index >= 15 is 0 Å². The highest BCUT2D eigenvalue weighted by Crippen LogP contribution is 2.29. The topological polar surface area (TPSA) is 122 Å². The van der Waals surface area contributed by atoms with E-state index in [1.165, 1.54) is 24.0 Å². The Morgan fingerprint density at radius 2 is 1.81 bits per heavy atom. The molecule has 9 nitrogen and oxygen atoms in total. The molecular weight excluding hydrogens is 548 g/mol. The summed E-state index contributed by atoms with van der Waals surface area (Å²) >= 11 is 1.32. The molecule has 0 aliphatic carbocycles. The van der Waals surface area contributed by atoms with Crippen LogP contribution in [-0.4, -0.2) is 53.4 Å². The van der Waals surface area contributed by atoms with Crippen molar-refractivity contribution in [3.05, 3.63) is 95.0 Å². The van der Waals surface area contributed by atoms with E-state index in [0.29, 0.717) is 29.6 Å². The van der Waals surface area contributed by atoms with Gasteiger partial charge < -0.3 is 26.4 Å². The number of ether oxygens (including phenoxy) is 1. The number of carbonyl (C=O) groups is 2. The van der Waals surface area contributed by atoms with Crippen LogP contribution in [0.1, 0.15) is 23.6 Å². The molecule has 2 amide bonds. The molecule has 0 bridgehead atoms. The molecule has 42 heavy (non-hydrogen) atoms. The van der Waals surface area contributed by atoms with Crippen molar-refractivity contribution in [3.8, 4) is 11.3 Å². The Bertz CT molecular complexity index is 1450. The molecule has 1 aliphatic heterocycles. The van der Waals surface area contributed by atoms with Crippen LogP contribution in [0, 0.1) is 13.8 Å². The number of amides is 2. The monoisotopic (exact) mass is 586 g/mol. The summed E-state index contributed by atoms with van der Waals surface area (Å²) in [7, 11) is 0. The molecule has 0 radical (unpaired) electrons. The van der Waals surface area contributed by atoms with Crippen LogP contribution in [0.15, 0.2) is 78.4 Å². The number of thioether (sulfide) groups is 1. The SMILES string of the molecule is C=CC(=O)Nc1cccc(-c2cc(CN3CCOCC3)cc(NC(C)S/C(=C\N)C(=O)Nc3c(C)cccc3C)n2)c1. The first kappa shape index (κ1) is 30.8. The van der Waals surface area contributed by atoms with Crippen molar-refractivity contribution in [2.75, 3.05) is 42.3 Å². The molecule has 5 N–H and O–H groups in total. The van der Waals surface area contributed by atoms with Gasteiger partial charge in [0.25, 0.3) is 5.91 Å². The van der Waals surface area contributed by atoms with Gasteiger partial charge in [-0.15, -0.1) is 0 Å². The maximum absolute atomic E-state index is 13.1. The van der Waals surface area contributed by atoms with Gasteiger partial charge in [-0.05, 0) is 67.8 Å². The number of para-hydroxylation sites is 1. The number of hydrogen-bond donors (Lipinski definition) is 4. The Hall–Kier alpha value is -4.12. The van der Waals surface area contributed by atoms with Gasteiger partial charge in [0.05, 0.1) is 29.2 Å². The van der Waals surface area contributed by atoms with Crippen LogP contribution in [0.2, 0.25) is 0 Å². The van der Waals surface area contributed by atoms with Gasteiger partial charge in [0, 0.05) is 42.8 Å². The summed E-state index contributed by atoms with van der Waals surface area (Å²) in [6.45, 7) is 13.3. The van der Waals surface area contributed by atoms with Crippen LogP contribution in [0.25, 0.3) is 11.3 Å². The number of hydrogen-bond acceptors (Lipinski definition) is 8. The summed E-state index contributed by atoms with van der Waals surface area (Å²) in [4.78, 5) is 32.6. The van der Waals surface area contributed by atoms with Gasteiger partial charge >= 0.3 is 0 Å². The maximum Gasteiger partial charge on any atom is 0.263 e. The average molecular weight is 587 g/mol. The number of aryl methyl sites for hydroxylation is 2. The van der Waals surface area contributed by atoms with E-state index in [9.17, 15) is 9.59 Å². The lowest BCUT2D eigenvalue weighted by Crippen LogP contribution is -2.35. The van der Waals surface area contributed by atoms with Crippen LogP contribution in [0.3, 0.4) is 0 Å². The quantitative estimate of drug-likeness (QED) is 0.178. The molecule has 1 atom stereocenters. The second-order valence-corrected chi connectivity index (χ2v) is 11.4. The number of pyridine rings is 1. The minimum absolute atomic E-state index is 0.222. The highest BCUT2D eigenvalue weighted by atomic mass is 32.2. The van der Waals surface area contributed by atoms with Crippen LogP contribution in [0.4, 0.5) is 17.2 Å². The highest BCUT2D eigenvalue weighted by molar-refractivity contribution is 8.04. The van der Waals surface area contributed by atoms with Crippen molar-refractivity contribution in [3.63, 3.8) is 0 Å². The largest absolute Gasteiger partial charge is 0.404 e. The molecule has 1 fully saturated rings. The van der Waals surface area contributed by atoms with E-state index in [0.717, 1.165) is 53.3 Å². The zero-order chi connectivity index (χ0) is 30.1. The fraction of sp³-hybridized carbons (Fsp3) is 0.281. The minimum Gasteiger partial charge on any atom is -0.404 e. The first-order valence-electron chi connectivity index (χ1n) is 13.8. The maximum atomic E-state index is 13.1. The first-order valence-corrected chi connectivity index (χ1v) is 14.7. The fourth-order valence-electron chi connectivity index (χ4n) is 4.65. The third-order valence-electron chi connectivity index (χ3n) is 6.76. The van der Waals surface area contributed by atoms with Crippen LogP contribution < -0.4 is 21.7 Å². The minimum atomic E-state index is -0.278. The van der Waals surface area contributed by atoms with Crippen LogP contribution in [-0.2, 0) is 20.9 Å². The second kappa shape index (κ2) is 14.7. The van der Waals surface area contributed by atoms with E-state index in [1.807, 2.05) is 69.3 Å². The Morgan fingerprint density at radius 1 is 1.10 bits per heavy atom. The Balaban J connectivity index is 1.54. The van der Waals surface area contributed by atoms with Gasteiger partial charge in [-0.3, -0.25) is 14.5 Å². The van der Waals surface area contributed by atoms with Crippen molar-refractivity contribution in [2.45, 2.75) is 32.7 Å². The number of rotatable bonds is 11. The van der Waals surface area contributed by atoms with Crippen LogP contribution in [0.5, 0.6) is 0 Å². The molecule has 10 heteroatoms. The number of nitrogens with two attached hydrogens (primary N) is 1. The molecule has 0 saturated carbocycles. The predicted octanol–water partition coefficient (Wildman–Crippen LogP) is 5.25. The summed E-state index contributed by atoms with van der Waals surface area (Å²) in [5, 5.41) is 9.03. The zero-order valence-corrected chi connectivity index (χ0v) is 25.1. The van der Waals surface area contributed by atoms with Gasteiger partial charge in [0.2, 0.25) is 5.91 Å². The van der Waals surface area contributed by atoms with Crippen LogP contribution >= 0.6 is 11.8 Å². The summed E-state index contributed by atoms with van der Waals surface area (Å²) in [5.41, 5.74) is 12.0. The lowest BCUT2D eigenvalue weighted by atomic mass is 10.1. The van der Waals surface area contributed by atoms with Crippen molar-refractivity contribution >= 4 is 40.8 Å². The Labute approximate surface area is 251 Å². The smallest absolute Gasteiger partial charge is 0.263 e. The van der Waals surface area contributed by atoms with E-state index in [-0.39, 0.29) is 17.2 Å². The van der Waals surface area contributed by atoms with E-state index in [1.54, 1.807) is 0 Å². The van der Waals surface area contributed by atoms with Crippen molar-refractivity contribution in [1.82, 2.24) is 9.88 Å². The third-order valence-corrected chi connectivity index (χ3v) is 7.80. The summed E-state index contributed by atoms with van der Waals surface area (Å²) in [5.74, 6) is 0.129. The number of nitrogens with one attached hydrogen (secondary N) is 3. The summed E-state index contributed by atoms with van der Waals surface area (Å²) < 4.78 is 5.52. The molecule has 4 rings (SSSR count). The molecule has 1 aliphatic rings. The van der Waals surface area contributed by atoms with Gasteiger partial charge in [-0.1, -0.05) is 48.7 Å². The number of anilines is 3. The Morgan fingerprint density at radius 3 is 2.50 bits per heavy atom. The number of morpholine rings is 1. The fourth-order valence-corrected chi connectivity index (χ4v) is 5.45. The first-order chi connectivity index (χ1) is 20.2. The highest BCUT2D eigenvalue weighted by Gasteiger charge is 2.18. The molecule has 1 saturated heterocycles. The molecule has 220 valence electrons. The summed E-state index contributed by atoms with van der Waals surface area (Å²) in [6.07, 6.45) is 2.57. The van der Waals surface area contributed by atoms with Gasteiger partial charge in [0.15, 0.2) is 0 Å². The van der Waals surface area contributed by atoms with Gasteiger partial charge in [-0.25, -0.2) is 4.98 Å². The number of aromatic nitrogens is 1. The van der Waals surface area contributed by atoms with E-state index in [2.05, 4.69) is 33.5 Å². The average Bonchev–Trinajstić information content (AvgIpc) is 2.98. The molecule has 1 unspecified atom stereocenters. The predicted molar refractivity (Wildman–Crippen MR) is 172 cm³/mol. The lowest BCUT2D eigenvalue weighted by molar-refractivity contribution is -0.112. The molecular formula is C32H38N6O3S. The molecule has 1 aromatic heterocycles. The van der Waals surface area contributed by atoms with Crippen molar-refractivity contribution < 1.29 is 14.3 Å². The lowest BCUT2D eigenvalue weighted by Gasteiger charge is -2.27. The van der Waals surface area contributed by atoms with Gasteiger partial charge in [-0.2, -0.15) is 0 Å². The van der Waals surface area contributed by atoms with Crippen molar-refractivity contribution in [1.29, 1.82) is 0 Å². The number of benzene rings is 2. The van der Waals surface area contributed by atoms with Crippen molar-refractivity contribution in [2.24, 2.45) is 5.73 Å². The normalized spacial score (nSPS) is 14.6. The van der Waals surface area contributed by atoms with E-state index in [4.69, 9.17) is 15.5 Å². The number of nitrogens with zero attached hydrogens (tertiary/aromatic N) is 2. The third kappa shape index (κ3) is 8.45. The van der Waals surface area contributed by atoms with E-state index < -0.39 is 0 Å². The second-order valence-electron chi connectivity index (χ2n) is 10.1. The zero-order valence-electron chi connectivity index (χ0n) is 24.3. The molecule has 3 aromatic rings. The summed E-state index contributed by atoms with van der Waals surface area (Å²) in [6, 6.07) is 17.5. The molecule has 2 heterocycles.